The van der Waals surface area contributed by atoms with Gasteiger partial charge < -0.3 is 11.1 Å². The number of nitrogens with one attached hydrogen (secondary N) is 1. The molecule has 106 valence electrons. The summed E-state index contributed by atoms with van der Waals surface area (Å²) in [7, 11) is 0. The number of hydrogen-bond acceptors (Lipinski definition) is 3. The standard InChI is InChI=1S/C13H18F2N2OS/c1-8(2)6-11(16)12(18)17-9-4-3-5-10(7-9)19-13(14)15/h3-5,7-8,11,13H,6,16H2,1-2H3,(H,17,18)/t11-/m0/s1. The van der Waals surface area contributed by atoms with Crippen LogP contribution in [0.25, 0.3) is 0 Å². The summed E-state index contributed by atoms with van der Waals surface area (Å²) in [6, 6.07) is 5.76. The van der Waals surface area contributed by atoms with Crippen LogP contribution in [0.5, 0.6) is 0 Å². The normalized spacial score (nSPS) is 12.8. The van der Waals surface area contributed by atoms with Crippen LogP contribution in [-0.4, -0.2) is 17.7 Å². The van der Waals surface area contributed by atoms with Crippen LogP contribution in [0, 0.1) is 5.92 Å². The Kier molecular flexibility index (Phi) is 6.24. The number of anilines is 1. The maximum Gasteiger partial charge on any atom is 0.288 e. The van der Waals surface area contributed by atoms with Crippen molar-refractivity contribution in [1.29, 1.82) is 0 Å². The molecule has 1 atom stereocenters. The fraction of sp³-hybridized carbons (Fsp3) is 0.462. The van der Waals surface area contributed by atoms with E-state index in [-0.39, 0.29) is 5.91 Å². The van der Waals surface area contributed by atoms with Crippen molar-refractivity contribution in [2.45, 2.75) is 37.0 Å². The zero-order valence-electron chi connectivity index (χ0n) is 10.9. The topological polar surface area (TPSA) is 55.1 Å². The summed E-state index contributed by atoms with van der Waals surface area (Å²) in [6.07, 6.45) is 0.581. The number of hydrogen-bond donors (Lipinski definition) is 2. The summed E-state index contributed by atoms with van der Waals surface area (Å²) in [5, 5.41) is 2.64. The minimum absolute atomic E-state index is 0.298. The lowest BCUT2D eigenvalue weighted by Gasteiger charge is -2.14. The van der Waals surface area contributed by atoms with Crippen molar-refractivity contribution in [3.63, 3.8) is 0 Å². The Morgan fingerprint density at radius 1 is 1.42 bits per heavy atom. The second kappa shape index (κ2) is 7.45. The molecule has 1 amide bonds. The number of nitrogens with two attached hydrogens (primary N) is 1. The molecule has 0 aromatic heterocycles. The van der Waals surface area contributed by atoms with Gasteiger partial charge in [0.25, 0.3) is 5.76 Å². The molecule has 0 aliphatic rings. The summed E-state index contributed by atoms with van der Waals surface area (Å²) < 4.78 is 24.5. The second-order valence-electron chi connectivity index (χ2n) is 4.63. The maximum atomic E-state index is 12.2. The Morgan fingerprint density at radius 3 is 2.68 bits per heavy atom. The Morgan fingerprint density at radius 2 is 2.11 bits per heavy atom. The third-order valence-corrected chi connectivity index (χ3v) is 3.09. The number of thioether (sulfide) groups is 1. The van der Waals surface area contributed by atoms with Crippen LogP contribution < -0.4 is 11.1 Å². The number of halogens is 2. The van der Waals surface area contributed by atoms with E-state index in [0.29, 0.717) is 34.7 Å². The number of benzene rings is 1. The average molecular weight is 288 g/mol. The first kappa shape index (κ1) is 15.9. The van der Waals surface area contributed by atoms with Crippen LogP contribution in [0.4, 0.5) is 14.5 Å². The van der Waals surface area contributed by atoms with Crippen LogP contribution in [0.1, 0.15) is 20.3 Å². The van der Waals surface area contributed by atoms with Crippen molar-refractivity contribution in [3.05, 3.63) is 24.3 Å². The van der Waals surface area contributed by atoms with Crippen LogP contribution in [-0.2, 0) is 4.79 Å². The van der Waals surface area contributed by atoms with Gasteiger partial charge in [-0.3, -0.25) is 4.79 Å². The highest BCUT2D eigenvalue weighted by atomic mass is 32.2. The summed E-state index contributed by atoms with van der Waals surface area (Å²) >= 11 is 0.443. The Labute approximate surface area is 115 Å². The Hall–Kier alpha value is -1.14. The van der Waals surface area contributed by atoms with E-state index in [0.717, 1.165) is 0 Å². The molecule has 0 aliphatic carbocycles. The van der Waals surface area contributed by atoms with Gasteiger partial charge in [-0.15, -0.1) is 0 Å². The van der Waals surface area contributed by atoms with E-state index in [1.165, 1.54) is 6.07 Å². The third kappa shape index (κ3) is 6.02. The molecule has 0 bridgehead atoms. The fourth-order valence-electron chi connectivity index (χ4n) is 1.60. The molecule has 3 N–H and O–H groups in total. The second-order valence-corrected chi connectivity index (χ2v) is 5.70. The zero-order chi connectivity index (χ0) is 14.4. The lowest BCUT2D eigenvalue weighted by Crippen LogP contribution is -2.36. The van der Waals surface area contributed by atoms with Crippen LogP contribution in [0.2, 0.25) is 0 Å². The van der Waals surface area contributed by atoms with Crippen molar-refractivity contribution in [1.82, 2.24) is 0 Å². The molecule has 0 unspecified atom stereocenters. The highest BCUT2D eigenvalue weighted by Gasteiger charge is 2.15. The van der Waals surface area contributed by atoms with Crippen molar-refractivity contribution in [2.75, 3.05) is 5.32 Å². The first-order valence-corrected chi connectivity index (χ1v) is 6.87. The molecule has 0 saturated carbocycles. The molecular weight excluding hydrogens is 270 g/mol. The van der Waals surface area contributed by atoms with Gasteiger partial charge in [0.15, 0.2) is 0 Å². The van der Waals surface area contributed by atoms with E-state index >= 15 is 0 Å². The van der Waals surface area contributed by atoms with Gasteiger partial charge in [-0.1, -0.05) is 31.7 Å². The molecule has 6 heteroatoms. The molecule has 0 aliphatic heterocycles. The van der Waals surface area contributed by atoms with Gasteiger partial charge >= 0.3 is 0 Å². The molecule has 0 saturated heterocycles. The largest absolute Gasteiger partial charge is 0.325 e. The SMILES string of the molecule is CC(C)C[C@H](N)C(=O)Nc1cccc(SC(F)F)c1. The summed E-state index contributed by atoms with van der Waals surface area (Å²) in [5.41, 5.74) is 6.23. The van der Waals surface area contributed by atoms with Gasteiger partial charge in [0.2, 0.25) is 5.91 Å². The fourth-order valence-corrected chi connectivity index (χ4v) is 2.16. The van der Waals surface area contributed by atoms with E-state index in [1.807, 2.05) is 13.8 Å². The molecule has 0 spiro atoms. The van der Waals surface area contributed by atoms with Gasteiger partial charge in [-0.25, -0.2) is 0 Å². The van der Waals surface area contributed by atoms with E-state index in [1.54, 1.807) is 18.2 Å². The quantitative estimate of drug-likeness (QED) is 0.790. The Balaban J connectivity index is 2.63. The summed E-state index contributed by atoms with van der Waals surface area (Å²) in [4.78, 5) is 12.2. The molecule has 0 radical (unpaired) electrons. The third-order valence-electron chi connectivity index (χ3n) is 2.39. The van der Waals surface area contributed by atoms with Gasteiger partial charge in [0, 0.05) is 10.6 Å². The van der Waals surface area contributed by atoms with Crippen molar-refractivity contribution in [2.24, 2.45) is 11.7 Å². The summed E-state index contributed by atoms with van der Waals surface area (Å²) in [6.45, 7) is 3.96. The maximum absolute atomic E-state index is 12.2. The van der Waals surface area contributed by atoms with Gasteiger partial charge in [0.1, 0.15) is 0 Å². The molecule has 0 fully saturated rings. The Bertz CT molecular complexity index is 427. The number of carbonyl (C=O) groups excluding carboxylic acids is 1. The molecule has 1 aromatic carbocycles. The van der Waals surface area contributed by atoms with Gasteiger partial charge in [0.05, 0.1) is 6.04 Å². The molecule has 1 rings (SSSR count). The van der Waals surface area contributed by atoms with Crippen LogP contribution in [0.3, 0.4) is 0 Å². The minimum Gasteiger partial charge on any atom is -0.325 e. The highest BCUT2D eigenvalue weighted by Crippen LogP contribution is 2.27. The van der Waals surface area contributed by atoms with E-state index in [4.69, 9.17) is 5.73 Å². The lowest BCUT2D eigenvalue weighted by atomic mass is 10.0. The van der Waals surface area contributed by atoms with Crippen LogP contribution in [0.15, 0.2) is 29.2 Å². The number of amides is 1. The predicted molar refractivity (Wildman–Crippen MR) is 74.4 cm³/mol. The predicted octanol–water partition coefficient (Wildman–Crippen LogP) is 3.31. The summed E-state index contributed by atoms with van der Waals surface area (Å²) in [5.74, 6) is -2.46. The monoisotopic (exact) mass is 288 g/mol. The highest BCUT2D eigenvalue weighted by molar-refractivity contribution is 7.99. The number of rotatable bonds is 6. The first-order chi connectivity index (χ1) is 8.88. The van der Waals surface area contributed by atoms with Crippen molar-refractivity contribution >= 4 is 23.4 Å². The van der Waals surface area contributed by atoms with Crippen molar-refractivity contribution in [3.8, 4) is 0 Å². The van der Waals surface area contributed by atoms with Crippen molar-refractivity contribution < 1.29 is 13.6 Å². The zero-order valence-corrected chi connectivity index (χ0v) is 11.7. The molecule has 19 heavy (non-hydrogen) atoms. The molecule has 3 nitrogen and oxygen atoms in total. The average Bonchev–Trinajstić information content (AvgIpc) is 2.27. The molecule has 0 heterocycles. The molecular formula is C13H18F2N2OS. The van der Waals surface area contributed by atoms with Gasteiger partial charge in [-0.05, 0) is 30.5 Å². The number of carbonyl (C=O) groups is 1. The van der Waals surface area contributed by atoms with Gasteiger partial charge in [-0.2, -0.15) is 8.78 Å². The lowest BCUT2D eigenvalue weighted by molar-refractivity contribution is -0.117. The molecule has 1 aromatic rings. The van der Waals surface area contributed by atoms with E-state index in [2.05, 4.69) is 5.32 Å². The number of alkyl halides is 2. The minimum atomic E-state index is -2.48. The first-order valence-electron chi connectivity index (χ1n) is 5.99. The van der Waals surface area contributed by atoms with E-state index in [9.17, 15) is 13.6 Å². The smallest absolute Gasteiger partial charge is 0.288 e. The van der Waals surface area contributed by atoms with E-state index < -0.39 is 11.8 Å². The van der Waals surface area contributed by atoms with Crippen LogP contribution >= 0.6 is 11.8 Å².